The summed E-state index contributed by atoms with van der Waals surface area (Å²) in [4.78, 5) is 11.5. The number of benzene rings is 4. The fourth-order valence-corrected chi connectivity index (χ4v) is 6.13. The third-order valence-electron chi connectivity index (χ3n) is 8.15. The molecule has 0 radical (unpaired) electrons. The van der Waals surface area contributed by atoms with Crippen LogP contribution in [0.15, 0.2) is 128 Å². The summed E-state index contributed by atoms with van der Waals surface area (Å²) in [6.07, 6.45) is 6.81. The first-order valence-electron chi connectivity index (χ1n) is 13.9. The number of hydrogen-bond acceptors (Lipinski definition) is 2. The van der Waals surface area contributed by atoms with E-state index in [1.54, 1.807) is 0 Å². The number of hydrogen-bond donors (Lipinski definition) is 1. The number of nitrogens with one attached hydrogen (secondary N) is 1. The number of para-hydroxylation sites is 1. The molecular weight excluding hydrogens is 462 g/mol. The fraction of sp³-hybridized carbons (Fsp3) is 0.229. The third-order valence-corrected chi connectivity index (χ3v) is 8.15. The van der Waals surface area contributed by atoms with Gasteiger partial charge < -0.3 is 9.88 Å². The number of piperidine rings is 1. The zero-order chi connectivity index (χ0) is 25.6. The van der Waals surface area contributed by atoms with E-state index in [4.69, 9.17) is 4.98 Å². The molecule has 0 spiro atoms. The van der Waals surface area contributed by atoms with Gasteiger partial charge in [-0.15, -0.1) is 0 Å². The van der Waals surface area contributed by atoms with Crippen LogP contribution in [0.2, 0.25) is 0 Å². The summed E-state index contributed by atoms with van der Waals surface area (Å²) < 4.78 is 0. The van der Waals surface area contributed by atoms with Crippen LogP contribution in [0.3, 0.4) is 0 Å². The topological polar surface area (TPSA) is 31.9 Å². The molecule has 3 nitrogen and oxygen atoms in total. The largest absolute Gasteiger partial charge is 0.372 e. The Labute approximate surface area is 226 Å². The van der Waals surface area contributed by atoms with Crippen LogP contribution in [-0.2, 0) is 11.8 Å². The number of aromatic amines is 1. The van der Waals surface area contributed by atoms with Crippen molar-refractivity contribution in [2.75, 3.05) is 18.0 Å². The minimum Gasteiger partial charge on any atom is -0.372 e. The van der Waals surface area contributed by atoms with Crippen LogP contribution in [0.4, 0.5) is 5.69 Å². The van der Waals surface area contributed by atoms with Gasteiger partial charge in [0.1, 0.15) is 11.2 Å². The molecular formula is C35H35N3. The van der Waals surface area contributed by atoms with E-state index in [-0.39, 0.29) is 0 Å². The van der Waals surface area contributed by atoms with Gasteiger partial charge in [0.05, 0.1) is 5.69 Å². The van der Waals surface area contributed by atoms with E-state index in [0.717, 1.165) is 36.9 Å². The lowest BCUT2D eigenvalue weighted by atomic mass is 9.69. The predicted molar refractivity (Wildman–Crippen MR) is 157 cm³/mol. The van der Waals surface area contributed by atoms with Gasteiger partial charge in [-0.1, -0.05) is 109 Å². The number of rotatable bonds is 8. The summed E-state index contributed by atoms with van der Waals surface area (Å²) in [6, 6.07) is 43.2. The second-order valence-electron chi connectivity index (χ2n) is 10.4. The molecule has 1 N–H and O–H groups in total. The van der Waals surface area contributed by atoms with E-state index in [1.165, 1.54) is 41.6 Å². The smallest absolute Gasteiger partial charge is 0.126 e. The summed E-state index contributed by atoms with van der Waals surface area (Å²) in [7, 11) is 0. The number of imidazole rings is 1. The summed E-state index contributed by atoms with van der Waals surface area (Å²) >= 11 is 0. The van der Waals surface area contributed by atoms with Gasteiger partial charge in [0.25, 0.3) is 0 Å². The molecule has 1 aromatic heterocycles. The Morgan fingerprint density at radius 1 is 0.658 bits per heavy atom. The zero-order valence-corrected chi connectivity index (χ0v) is 21.8. The Morgan fingerprint density at radius 2 is 1.13 bits per heavy atom. The lowest BCUT2D eigenvalue weighted by molar-refractivity contribution is 0.381. The fourth-order valence-electron chi connectivity index (χ4n) is 6.13. The minimum absolute atomic E-state index is 0.511. The van der Waals surface area contributed by atoms with Crippen molar-refractivity contribution in [3.05, 3.63) is 156 Å². The highest BCUT2D eigenvalue weighted by molar-refractivity contribution is 5.56. The molecule has 0 amide bonds. The van der Waals surface area contributed by atoms with Crippen molar-refractivity contribution >= 4 is 5.69 Å². The SMILES string of the molecule is c1ccc(N2CCC(CCc3c[nH]c(C(c4ccccc4)(c4ccccc4)c4ccccc4)n3)CC2)cc1. The molecule has 1 saturated heterocycles. The monoisotopic (exact) mass is 497 g/mol. The van der Waals surface area contributed by atoms with Gasteiger partial charge >= 0.3 is 0 Å². The first-order chi connectivity index (χ1) is 18.8. The highest BCUT2D eigenvalue weighted by Gasteiger charge is 2.41. The quantitative estimate of drug-likeness (QED) is 0.223. The van der Waals surface area contributed by atoms with E-state index >= 15 is 0 Å². The summed E-state index contributed by atoms with van der Waals surface area (Å²) in [5.41, 5.74) is 5.63. The van der Waals surface area contributed by atoms with Gasteiger partial charge in [0, 0.05) is 25.0 Å². The number of aromatic nitrogens is 2. The molecule has 0 saturated carbocycles. The molecule has 190 valence electrons. The molecule has 1 aliphatic heterocycles. The van der Waals surface area contributed by atoms with Crippen molar-refractivity contribution < 1.29 is 0 Å². The van der Waals surface area contributed by atoms with Crippen LogP contribution < -0.4 is 4.90 Å². The van der Waals surface area contributed by atoms with Crippen molar-refractivity contribution in [2.45, 2.75) is 31.1 Å². The average Bonchev–Trinajstić information content (AvgIpc) is 3.48. The van der Waals surface area contributed by atoms with Gasteiger partial charge in [0.2, 0.25) is 0 Å². The maximum atomic E-state index is 5.29. The molecule has 4 aromatic carbocycles. The first kappa shape index (κ1) is 24.2. The molecule has 3 heteroatoms. The van der Waals surface area contributed by atoms with Crippen LogP contribution in [0, 0.1) is 5.92 Å². The second-order valence-corrected chi connectivity index (χ2v) is 10.4. The van der Waals surface area contributed by atoms with Crippen LogP contribution in [0.5, 0.6) is 0 Å². The highest BCUT2D eigenvalue weighted by atomic mass is 15.1. The Balaban J connectivity index is 1.26. The molecule has 6 rings (SSSR count). The Hall–Kier alpha value is -4.11. The van der Waals surface area contributed by atoms with Gasteiger partial charge in [-0.3, -0.25) is 0 Å². The van der Waals surface area contributed by atoms with E-state index in [9.17, 15) is 0 Å². The predicted octanol–water partition coefficient (Wildman–Crippen LogP) is 7.64. The Kier molecular flexibility index (Phi) is 7.08. The molecule has 0 unspecified atom stereocenters. The van der Waals surface area contributed by atoms with Crippen molar-refractivity contribution in [1.82, 2.24) is 9.97 Å². The second kappa shape index (κ2) is 11.1. The van der Waals surface area contributed by atoms with Gasteiger partial charge in [-0.05, 0) is 60.4 Å². The van der Waals surface area contributed by atoms with Crippen LogP contribution in [-0.4, -0.2) is 23.1 Å². The number of anilines is 1. The van der Waals surface area contributed by atoms with Gasteiger partial charge in [-0.25, -0.2) is 4.98 Å². The van der Waals surface area contributed by atoms with Crippen LogP contribution >= 0.6 is 0 Å². The first-order valence-corrected chi connectivity index (χ1v) is 13.9. The molecule has 1 fully saturated rings. The number of aryl methyl sites for hydroxylation is 1. The summed E-state index contributed by atoms with van der Waals surface area (Å²) in [5, 5.41) is 0. The van der Waals surface area contributed by atoms with E-state index in [0.29, 0.717) is 0 Å². The highest BCUT2D eigenvalue weighted by Crippen LogP contribution is 2.43. The number of H-pyrrole nitrogens is 1. The van der Waals surface area contributed by atoms with Crippen molar-refractivity contribution in [2.24, 2.45) is 5.92 Å². The average molecular weight is 498 g/mol. The lowest BCUT2D eigenvalue weighted by Gasteiger charge is -2.34. The van der Waals surface area contributed by atoms with Gasteiger partial charge in [-0.2, -0.15) is 0 Å². The van der Waals surface area contributed by atoms with E-state index < -0.39 is 5.41 Å². The molecule has 0 atom stereocenters. The molecule has 0 aliphatic carbocycles. The normalized spacial score (nSPS) is 14.5. The van der Waals surface area contributed by atoms with E-state index in [1.807, 2.05) is 0 Å². The molecule has 5 aromatic rings. The molecule has 0 bridgehead atoms. The van der Waals surface area contributed by atoms with Gasteiger partial charge in [0.15, 0.2) is 0 Å². The maximum absolute atomic E-state index is 5.29. The minimum atomic E-state index is -0.511. The number of nitrogens with zero attached hydrogens (tertiary/aromatic N) is 2. The van der Waals surface area contributed by atoms with Crippen LogP contribution in [0.25, 0.3) is 0 Å². The molecule has 38 heavy (non-hydrogen) atoms. The van der Waals surface area contributed by atoms with Crippen molar-refractivity contribution in [3.63, 3.8) is 0 Å². The standard InChI is InChI=1S/C35H35N3/c1-5-13-29(14-6-1)35(30-15-7-2-8-16-30,31-17-9-3-10-18-31)34-36-27-32(37-34)22-21-28-23-25-38(26-24-28)33-19-11-4-12-20-33/h1-20,27-28H,21-26H2,(H,36,37). The molecule has 2 heterocycles. The Morgan fingerprint density at radius 3 is 1.63 bits per heavy atom. The van der Waals surface area contributed by atoms with Crippen LogP contribution in [0.1, 0.15) is 47.5 Å². The van der Waals surface area contributed by atoms with E-state index in [2.05, 4.69) is 137 Å². The maximum Gasteiger partial charge on any atom is 0.126 e. The zero-order valence-electron chi connectivity index (χ0n) is 21.8. The third kappa shape index (κ3) is 4.77. The van der Waals surface area contributed by atoms with Crippen molar-refractivity contribution in [3.8, 4) is 0 Å². The van der Waals surface area contributed by atoms with Crippen molar-refractivity contribution in [1.29, 1.82) is 0 Å². The molecule has 1 aliphatic rings. The lowest BCUT2D eigenvalue weighted by Crippen LogP contribution is -2.33. The summed E-state index contributed by atoms with van der Waals surface area (Å²) in [6.45, 7) is 2.28. The summed E-state index contributed by atoms with van der Waals surface area (Å²) in [5.74, 6) is 1.73. The Bertz CT molecular complexity index is 1310.